The van der Waals surface area contributed by atoms with Gasteiger partial charge in [-0.05, 0) is 25.8 Å². The minimum absolute atomic E-state index is 0.00755. The zero-order valence-corrected chi connectivity index (χ0v) is 17.3. The number of hydrogen-bond donors (Lipinski definition) is 1. The molecule has 0 spiro atoms. The Hall–Kier alpha value is -3.42. The van der Waals surface area contributed by atoms with Gasteiger partial charge in [-0.2, -0.15) is 0 Å². The SMILES string of the molecule is COc1ccccc1CNC(=O)C1CCN(c2cc(-n3ccnc3C)ncn2)CC1. The maximum atomic E-state index is 12.7. The highest BCUT2D eigenvalue weighted by molar-refractivity contribution is 5.79. The van der Waals surface area contributed by atoms with Gasteiger partial charge in [-0.1, -0.05) is 18.2 Å². The molecule has 30 heavy (non-hydrogen) atoms. The van der Waals surface area contributed by atoms with E-state index >= 15 is 0 Å². The molecule has 1 amide bonds. The first-order valence-electron chi connectivity index (χ1n) is 10.1. The molecule has 156 valence electrons. The van der Waals surface area contributed by atoms with Gasteiger partial charge in [-0.25, -0.2) is 15.0 Å². The van der Waals surface area contributed by atoms with Crippen molar-refractivity contribution in [2.24, 2.45) is 5.92 Å². The summed E-state index contributed by atoms with van der Waals surface area (Å²) in [6.45, 7) is 3.98. The van der Waals surface area contributed by atoms with Gasteiger partial charge in [0.2, 0.25) is 5.91 Å². The quantitative estimate of drug-likeness (QED) is 0.677. The molecule has 0 bridgehead atoms. The van der Waals surface area contributed by atoms with E-state index in [2.05, 4.69) is 25.2 Å². The third kappa shape index (κ3) is 4.27. The van der Waals surface area contributed by atoms with Gasteiger partial charge >= 0.3 is 0 Å². The molecule has 0 radical (unpaired) electrons. The predicted octanol–water partition coefficient (Wildman–Crippen LogP) is 2.51. The van der Waals surface area contributed by atoms with Crippen LogP contribution in [0.3, 0.4) is 0 Å². The lowest BCUT2D eigenvalue weighted by Crippen LogP contribution is -2.40. The molecule has 0 atom stereocenters. The lowest BCUT2D eigenvalue weighted by molar-refractivity contribution is -0.125. The minimum Gasteiger partial charge on any atom is -0.496 e. The molecule has 8 nitrogen and oxygen atoms in total. The van der Waals surface area contributed by atoms with Crippen molar-refractivity contribution in [1.29, 1.82) is 0 Å². The highest BCUT2D eigenvalue weighted by atomic mass is 16.5. The van der Waals surface area contributed by atoms with Crippen LogP contribution in [0, 0.1) is 12.8 Å². The first-order chi connectivity index (χ1) is 14.7. The Bertz CT molecular complexity index is 1010. The average molecular weight is 406 g/mol. The summed E-state index contributed by atoms with van der Waals surface area (Å²) in [6, 6.07) is 9.71. The standard InChI is InChI=1S/C22H26N6O2/c1-16-23-9-12-28(16)21-13-20(25-15-26-21)27-10-7-17(8-11-27)22(29)24-14-18-5-3-4-6-19(18)30-2/h3-6,9,12-13,15,17H,7-8,10-11,14H2,1-2H3,(H,24,29). The molecule has 3 heterocycles. The van der Waals surface area contributed by atoms with Crippen molar-refractivity contribution in [2.45, 2.75) is 26.3 Å². The van der Waals surface area contributed by atoms with Gasteiger partial charge < -0.3 is 15.0 Å². The van der Waals surface area contributed by atoms with E-state index in [1.165, 1.54) is 0 Å². The Kier molecular flexibility index (Phi) is 5.92. The molecule has 1 aromatic carbocycles. The van der Waals surface area contributed by atoms with E-state index in [4.69, 9.17) is 4.74 Å². The van der Waals surface area contributed by atoms with Crippen LogP contribution in [-0.2, 0) is 11.3 Å². The number of rotatable bonds is 6. The Morgan fingerprint density at radius 1 is 1.17 bits per heavy atom. The van der Waals surface area contributed by atoms with Crippen molar-refractivity contribution >= 4 is 11.7 Å². The number of methoxy groups -OCH3 is 1. The van der Waals surface area contributed by atoms with E-state index in [0.717, 1.165) is 54.7 Å². The van der Waals surface area contributed by atoms with Gasteiger partial charge in [0.05, 0.1) is 7.11 Å². The van der Waals surface area contributed by atoms with Crippen molar-refractivity contribution < 1.29 is 9.53 Å². The summed E-state index contributed by atoms with van der Waals surface area (Å²) in [5, 5.41) is 3.06. The number of aryl methyl sites for hydroxylation is 1. The lowest BCUT2D eigenvalue weighted by Gasteiger charge is -2.32. The maximum Gasteiger partial charge on any atom is 0.223 e. The summed E-state index contributed by atoms with van der Waals surface area (Å²) in [5.41, 5.74) is 0.981. The number of nitrogens with zero attached hydrogens (tertiary/aromatic N) is 5. The van der Waals surface area contributed by atoms with E-state index in [0.29, 0.717) is 6.54 Å². The molecule has 4 rings (SSSR count). The van der Waals surface area contributed by atoms with Crippen molar-refractivity contribution in [1.82, 2.24) is 24.8 Å². The van der Waals surface area contributed by atoms with Crippen LogP contribution in [0.2, 0.25) is 0 Å². The molecule has 1 fully saturated rings. The number of nitrogens with one attached hydrogen (secondary N) is 1. The molecule has 1 aliphatic heterocycles. The summed E-state index contributed by atoms with van der Waals surface area (Å²) >= 11 is 0. The fourth-order valence-corrected chi connectivity index (χ4v) is 3.81. The molecular weight excluding hydrogens is 380 g/mol. The Morgan fingerprint density at radius 3 is 2.67 bits per heavy atom. The molecule has 2 aromatic heterocycles. The van der Waals surface area contributed by atoms with Crippen molar-refractivity contribution in [3.05, 3.63) is 60.4 Å². The normalized spacial score (nSPS) is 14.5. The molecule has 1 saturated heterocycles. The van der Waals surface area contributed by atoms with Crippen molar-refractivity contribution in [3.8, 4) is 11.6 Å². The van der Waals surface area contributed by atoms with Gasteiger partial charge in [0.1, 0.15) is 29.5 Å². The molecule has 0 unspecified atom stereocenters. The second-order valence-electron chi connectivity index (χ2n) is 7.37. The number of amides is 1. The highest BCUT2D eigenvalue weighted by Crippen LogP contribution is 2.24. The van der Waals surface area contributed by atoms with E-state index in [1.807, 2.05) is 48.0 Å². The van der Waals surface area contributed by atoms with Gasteiger partial charge in [-0.15, -0.1) is 0 Å². The second-order valence-corrected chi connectivity index (χ2v) is 7.37. The van der Waals surface area contributed by atoms with Crippen molar-refractivity contribution in [2.75, 3.05) is 25.1 Å². The summed E-state index contributed by atoms with van der Waals surface area (Å²) in [5.74, 6) is 3.45. The Balaban J connectivity index is 1.34. The zero-order chi connectivity index (χ0) is 20.9. The lowest BCUT2D eigenvalue weighted by atomic mass is 9.96. The number of anilines is 1. The second kappa shape index (κ2) is 8.94. The number of ether oxygens (including phenoxy) is 1. The molecule has 0 aliphatic carbocycles. The van der Waals surface area contributed by atoms with Crippen LogP contribution >= 0.6 is 0 Å². The number of aromatic nitrogens is 4. The van der Waals surface area contributed by atoms with E-state index in [9.17, 15) is 4.79 Å². The first-order valence-corrected chi connectivity index (χ1v) is 10.1. The molecule has 3 aromatic rings. The molecular formula is C22H26N6O2. The summed E-state index contributed by atoms with van der Waals surface area (Å²) in [4.78, 5) is 27.9. The topological polar surface area (TPSA) is 85.2 Å². The van der Waals surface area contributed by atoms with Crippen LogP contribution in [0.4, 0.5) is 5.82 Å². The number of carbonyl (C=O) groups is 1. The Morgan fingerprint density at radius 2 is 1.93 bits per heavy atom. The van der Waals surface area contributed by atoms with Gasteiger partial charge in [0.15, 0.2) is 0 Å². The molecule has 1 N–H and O–H groups in total. The van der Waals surface area contributed by atoms with Crippen LogP contribution in [0.15, 0.2) is 49.1 Å². The summed E-state index contributed by atoms with van der Waals surface area (Å²) in [6.07, 6.45) is 6.81. The zero-order valence-electron chi connectivity index (χ0n) is 17.3. The number of para-hydroxylation sites is 1. The smallest absolute Gasteiger partial charge is 0.223 e. The Labute approximate surface area is 175 Å². The minimum atomic E-state index is 0.00755. The third-order valence-electron chi connectivity index (χ3n) is 5.55. The molecule has 8 heteroatoms. The van der Waals surface area contributed by atoms with E-state index in [-0.39, 0.29) is 11.8 Å². The van der Waals surface area contributed by atoms with Crippen LogP contribution in [0.25, 0.3) is 5.82 Å². The number of carbonyl (C=O) groups excluding carboxylic acids is 1. The number of benzene rings is 1. The fourth-order valence-electron chi connectivity index (χ4n) is 3.81. The summed E-state index contributed by atoms with van der Waals surface area (Å²) < 4.78 is 7.29. The molecule has 0 saturated carbocycles. The van der Waals surface area contributed by atoms with E-state index < -0.39 is 0 Å². The van der Waals surface area contributed by atoms with Crippen LogP contribution in [0.1, 0.15) is 24.2 Å². The van der Waals surface area contributed by atoms with Crippen molar-refractivity contribution in [3.63, 3.8) is 0 Å². The van der Waals surface area contributed by atoms with E-state index in [1.54, 1.807) is 19.6 Å². The van der Waals surface area contributed by atoms with Crippen LogP contribution < -0.4 is 15.0 Å². The summed E-state index contributed by atoms with van der Waals surface area (Å²) in [7, 11) is 1.64. The first kappa shape index (κ1) is 19.9. The van der Waals surface area contributed by atoms with Gasteiger partial charge in [0.25, 0.3) is 0 Å². The maximum absolute atomic E-state index is 12.7. The van der Waals surface area contributed by atoms with Gasteiger partial charge in [-0.3, -0.25) is 9.36 Å². The molecule has 1 aliphatic rings. The predicted molar refractivity (Wildman–Crippen MR) is 114 cm³/mol. The van der Waals surface area contributed by atoms with Gasteiger partial charge in [0, 0.05) is 49.6 Å². The average Bonchev–Trinajstić information content (AvgIpc) is 3.23. The van der Waals surface area contributed by atoms with Crippen LogP contribution in [0.5, 0.6) is 5.75 Å². The monoisotopic (exact) mass is 406 g/mol. The third-order valence-corrected chi connectivity index (χ3v) is 5.55. The number of piperidine rings is 1. The fraction of sp³-hybridized carbons (Fsp3) is 0.364. The number of imidazole rings is 1. The number of hydrogen-bond acceptors (Lipinski definition) is 6. The largest absolute Gasteiger partial charge is 0.496 e. The highest BCUT2D eigenvalue weighted by Gasteiger charge is 2.26. The van der Waals surface area contributed by atoms with Crippen LogP contribution in [-0.4, -0.2) is 45.6 Å².